The molecule has 0 bridgehead atoms. The number of aliphatic carboxylic acids is 1. The molecular weight excluding hydrogens is 256 g/mol. The highest BCUT2D eigenvalue weighted by molar-refractivity contribution is 5.82. The second-order valence-corrected chi connectivity index (χ2v) is 4.78. The van der Waals surface area contributed by atoms with Gasteiger partial charge in [0.05, 0.1) is 6.04 Å². The largest absolute Gasteiger partial charge is 0.480 e. The molecule has 1 aromatic rings. The van der Waals surface area contributed by atoms with Crippen LogP contribution < -0.4 is 10.6 Å². The van der Waals surface area contributed by atoms with E-state index in [1.54, 1.807) is 0 Å². The minimum Gasteiger partial charge on any atom is -0.480 e. The SMILES string of the molecule is CCCC[C@H](NC(=O)NC(C)c1ccccc1)C(=O)O. The Labute approximate surface area is 119 Å². The van der Waals surface area contributed by atoms with Crippen molar-refractivity contribution in [3.63, 3.8) is 0 Å². The van der Waals surface area contributed by atoms with Crippen LogP contribution in [0.4, 0.5) is 4.79 Å². The van der Waals surface area contributed by atoms with Gasteiger partial charge in [-0.25, -0.2) is 9.59 Å². The molecule has 0 aliphatic rings. The summed E-state index contributed by atoms with van der Waals surface area (Å²) in [4.78, 5) is 22.9. The maximum Gasteiger partial charge on any atom is 0.326 e. The zero-order valence-corrected chi connectivity index (χ0v) is 11.9. The third-order valence-electron chi connectivity index (χ3n) is 3.10. The van der Waals surface area contributed by atoms with Crippen molar-refractivity contribution in [3.8, 4) is 0 Å². The van der Waals surface area contributed by atoms with Crippen molar-refractivity contribution in [1.82, 2.24) is 10.6 Å². The van der Waals surface area contributed by atoms with Crippen LogP contribution in [0, 0.1) is 0 Å². The van der Waals surface area contributed by atoms with Crippen LogP contribution in [0.2, 0.25) is 0 Å². The van der Waals surface area contributed by atoms with E-state index < -0.39 is 18.0 Å². The van der Waals surface area contributed by atoms with Crippen LogP contribution in [0.25, 0.3) is 0 Å². The van der Waals surface area contributed by atoms with Gasteiger partial charge in [0.1, 0.15) is 6.04 Å². The van der Waals surface area contributed by atoms with Gasteiger partial charge in [-0.1, -0.05) is 50.1 Å². The summed E-state index contributed by atoms with van der Waals surface area (Å²) in [5, 5.41) is 14.3. The second kappa shape index (κ2) is 8.19. The number of amides is 2. The van der Waals surface area contributed by atoms with Gasteiger partial charge in [-0.2, -0.15) is 0 Å². The first kappa shape index (κ1) is 16.0. The molecule has 1 aromatic carbocycles. The quantitative estimate of drug-likeness (QED) is 0.717. The Morgan fingerprint density at radius 2 is 1.85 bits per heavy atom. The zero-order valence-electron chi connectivity index (χ0n) is 11.9. The molecule has 0 aliphatic heterocycles. The summed E-state index contributed by atoms with van der Waals surface area (Å²) in [5.41, 5.74) is 0.975. The minimum atomic E-state index is -0.999. The van der Waals surface area contributed by atoms with Crippen molar-refractivity contribution in [1.29, 1.82) is 0 Å². The van der Waals surface area contributed by atoms with Gasteiger partial charge in [0.15, 0.2) is 0 Å². The average Bonchev–Trinajstić information content (AvgIpc) is 2.44. The molecule has 20 heavy (non-hydrogen) atoms. The molecule has 2 amide bonds. The number of benzene rings is 1. The van der Waals surface area contributed by atoms with Crippen LogP contribution in [0.1, 0.15) is 44.7 Å². The third-order valence-corrected chi connectivity index (χ3v) is 3.10. The van der Waals surface area contributed by atoms with Gasteiger partial charge in [-0.15, -0.1) is 0 Å². The van der Waals surface area contributed by atoms with Gasteiger partial charge in [0.2, 0.25) is 0 Å². The normalized spacial score (nSPS) is 13.3. The number of hydrogen-bond donors (Lipinski definition) is 3. The summed E-state index contributed by atoms with van der Waals surface area (Å²) in [7, 11) is 0. The second-order valence-electron chi connectivity index (χ2n) is 4.78. The van der Waals surface area contributed by atoms with Gasteiger partial charge >= 0.3 is 12.0 Å². The van der Waals surface area contributed by atoms with Crippen molar-refractivity contribution < 1.29 is 14.7 Å². The lowest BCUT2D eigenvalue weighted by molar-refractivity contribution is -0.139. The number of nitrogens with one attached hydrogen (secondary N) is 2. The van der Waals surface area contributed by atoms with Crippen molar-refractivity contribution in [3.05, 3.63) is 35.9 Å². The predicted molar refractivity (Wildman–Crippen MR) is 77.5 cm³/mol. The van der Waals surface area contributed by atoms with E-state index in [2.05, 4.69) is 10.6 Å². The number of carboxylic acids is 1. The highest BCUT2D eigenvalue weighted by atomic mass is 16.4. The molecule has 5 nitrogen and oxygen atoms in total. The maximum absolute atomic E-state index is 11.8. The number of rotatable bonds is 7. The lowest BCUT2D eigenvalue weighted by atomic mass is 10.1. The Morgan fingerprint density at radius 3 is 2.40 bits per heavy atom. The van der Waals surface area contributed by atoms with Crippen LogP contribution in [-0.4, -0.2) is 23.1 Å². The van der Waals surface area contributed by atoms with Crippen LogP contribution >= 0.6 is 0 Å². The van der Waals surface area contributed by atoms with Gasteiger partial charge in [-0.05, 0) is 18.9 Å². The Morgan fingerprint density at radius 1 is 1.20 bits per heavy atom. The van der Waals surface area contributed by atoms with Crippen LogP contribution in [0.15, 0.2) is 30.3 Å². The van der Waals surface area contributed by atoms with E-state index in [-0.39, 0.29) is 6.04 Å². The van der Waals surface area contributed by atoms with Crippen LogP contribution in [0.5, 0.6) is 0 Å². The Bertz CT molecular complexity index is 434. The summed E-state index contributed by atoms with van der Waals surface area (Å²) in [5.74, 6) is -0.999. The van der Waals surface area contributed by atoms with E-state index >= 15 is 0 Å². The molecule has 110 valence electrons. The molecule has 0 saturated carbocycles. The molecule has 5 heteroatoms. The smallest absolute Gasteiger partial charge is 0.326 e. The topological polar surface area (TPSA) is 78.4 Å². The van der Waals surface area contributed by atoms with Gasteiger partial charge in [-0.3, -0.25) is 0 Å². The fourth-order valence-electron chi connectivity index (χ4n) is 1.89. The fraction of sp³-hybridized carbons (Fsp3) is 0.467. The molecule has 0 saturated heterocycles. The maximum atomic E-state index is 11.8. The number of carbonyl (C=O) groups is 2. The Kier molecular flexibility index (Phi) is 6.56. The molecule has 0 spiro atoms. The Hall–Kier alpha value is -2.04. The first-order valence-corrected chi connectivity index (χ1v) is 6.89. The predicted octanol–water partition coefficient (Wildman–Crippen LogP) is 2.69. The molecule has 0 aliphatic carbocycles. The molecular formula is C15H22N2O3. The summed E-state index contributed by atoms with van der Waals surface area (Å²) in [6.07, 6.45) is 2.11. The first-order valence-electron chi connectivity index (χ1n) is 6.89. The molecule has 2 atom stereocenters. The summed E-state index contributed by atoms with van der Waals surface area (Å²) in [6.45, 7) is 3.84. The molecule has 1 rings (SSSR count). The average molecular weight is 278 g/mol. The highest BCUT2D eigenvalue weighted by Crippen LogP contribution is 2.10. The number of unbranched alkanes of at least 4 members (excludes halogenated alkanes) is 1. The monoisotopic (exact) mass is 278 g/mol. The van der Waals surface area contributed by atoms with Crippen LogP contribution in [0.3, 0.4) is 0 Å². The van der Waals surface area contributed by atoms with E-state index in [1.807, 2.05) is 44.2 Å². The molecule has 3 N–H and O–H groups in total. The fourth-order valence-corrected chi connectivity index (χ4v) is 1.89. The van der Waals surface area contributed by atoms with Gasteiger partial charge in [0.25, 0.3) is 0 Å². The molecule has 1 unspecified atom stereocenters. The molecule has 0 fully saturated rings. The molecule has 0 heterocycles. The van der Waals surface area contributed by atoms with E-state index in [9.17, 15) is 9.59 Å². The lowest BCUT2D eigenvalue weighted by Gasteiger charge is -2.18. The van der Waals surface area contributed by atoms with Crippen LogP contribution in [-0.2, 0) is 4.79 Å². The van der Waals surface area contributed by atoms with E-state index in [1.165, 1.54) is 0 Å². The number of hydrogen-bond acceptors (Lipinski definition) is 2. The van der Waals surface area contributed by atoms with Crippen molar-refractivity contribution in [2.45, 2.75) is 45.2 Å². The molecule has 0 aromatic heterocycles. The molecule has 0 radical (unpaired) electrons. The van der Waals surface area contributed by atoms with E-state index in [0.717, 1.165) is 18.4 Å². The van der Waals surface area contributed by atoms with Gasteiger partial charge in [0, 0.05) is 0 Å². The lowest BCUT2D eigenvalue weighted by Crippen LogP contribution is -2.46. The zero-order chi connectivity index (χ0) is 15.0. The first-order chi connectivity index (χ1) is 9.54. The van der Waals surface area contributed by atoms with E-state index in [0.29, 0.717) is 6.42 Å². The number of carboxylic acid groups (broad SMARTS) is 1. The standard InChI is InChI=1S/C15H22N2O3/c1-3-4-10-13(14(18)19)17-15(20)16-11(2)12-8-6-5-7-9-12/h5-9,11,13H,3-4,10H2,1-2H3,(H,18,19)(H2,16,17,20)/t11?,13-/m0/s1. The summed E-state index contributed by atoms with van der Waals surface area (Å²) >= 11 is 0. The Balaban J connectivity index is 2.51. The van der Waals surface area contributed by atoms with Crippen molar-refractivity contribution in [2.75, 3.05) is 0 Å². The summed E-state index contributed by atoms with van der Waals surface area (Å²) in [6, 6.07) is 8.06. The van der Waals surface area contributed by atoms with Crippen molar-refractivity contribution in [2.24, 2.45) is 0 Å². The number of carbonyl (C=O) groups excluding carboxylic acids is 1. The minimum absolute atomic E-state index is 0.170. The third kappa shape index (κ3) is 5.30. The van der Waals surface area contributed by atoms with E-state index in [4.69, 9.17) is 5.11 Å². The summed E-state index contributed by atoms with van der Waals surface area (Å²) < 4.78 is 0. The number of urea groups is 1. The van der Waals surface area contributed by atoms with Gasteiger partial charge < -0.3 is 15.7 Å². The van der Waals surface area contributed by atoms with Crippen molar-refractivity contribution >= 4 is 12.0 Å². The highest BCUT2D eigenvalue weighted by Gasteiger charge is 2.20.